The summed E-state index contributed by atoms with van der Waals surface area (Å²) in [6.45, 7) is 5.25. The zero-order chi connectivity index (χ0) is 13.2. The van der Waals surface area contributed by atoms with Crippen molar-refractivity contribution < 1.29 is 19.8 Å². The van der Waals surface area contributed by atoms with Gasteiger partial charge in [0.2, 0.25) is 5.91 Å². The second-order valence-electron chi connectivity index (χ2n) is 4.74. The van der Waals surface area contributed by atoms with Crippen molar-refractivity contribution in [1.82, 2.24) is 0 Å². The van der Waals surface area contributed by atoms with Gasteiger partial charge in [0.05, 0.1) is 0 Å². The highest BCUT2D eigenvalue weighted by Crippen LogP contribution is 2.23. The first-order chi connectivity index (χ1) is 7.71. The third-order valence-corrected chi connectivity index (χ3v) is 2.17. The molecule has 0 saturated heterocycles. The highest BCUT2D eigenvalue weighted by molar-refractivity contribution is 5.97. The van der Waals surface area contributed by atoms with Gasteiger partial charge in [0, 0.05) is 11.1 Å². The lowest BCUT2D eigenvalue weighted by atomic mass is 9.95. The highest BCUT2D eigenvalue weighted by atomic mass is 16.4. The molecule has 5 nitrogen and oxygen atoms in total. The fraction of sp³-hybridized carbons (Fsp3) is 0.333. The van der Waals surface area contributed by atoms with Gasteiger partial charge in [0.1, 0.15) is 11.3 Å². The summed E-state index contributed by atoms with van der Waals surface area (Å²) in [5, 5.41) is 20.7. The quantitative estimate of drug-likeness (QED) is 0.687. The number of phenols is 1. The number of carbonyl (C=O) groups is 2. The molecule has 0 saturated carbocycles. The number of amides is 1. The second kappa shape index (κ2) is 4.45. The normalized spacial score (nSPS) is 11.0. The van der Waals surface area contributed by atoms with Crippen LogP contribution in [-0.4, -0.2) is 22.1 Å². The Kier molecular flexibility index (Phi) is 3.41. The van der Waals surface area contributed by atoms with Crippen LogP contribution in [-0.2, 0) is 4.79 Å². The van der Waals surface area contributed by atoms with Gasteiger partial charge in [-0.25, -0.2) is 4.79 Å². The van der Waals surface area contributed by atoms with Gasteiger partial charge in [-0.1, -0.05) is 20.8 Å². The lowest BCUT2D eigenvalue weighted by Gasteiger charge is -2.17. The van der Waals surface area contributed by atoms with Crippen molar-refractivity contribution in [2.24, 2.45) is 5.41 Å². The number of benzene rings is 1. The first kappa shape index (κ1) is 13.0. The largest absolute Gasteiger partial charge is 0.507 e. The van der Waals surface area contributed by atoms with E-state index < -0.39 is 11.4 Å². The minimum Gasteiger partial charge on any atom is -0.507 e. The van der Waals surface area contributed by atoms with Gasteiger partial charge in [-0.2, -0.15) is 0 Å². The topological polar surface area (TPSA) is 86.6 Å². The van der Waals surface area contributed by atoms with Gasteiger partial charge < -0.3 is 15.5 Å². The van der Waals surface area contributed by atoms with Crippen molar-refractivity contribution in [3.05, 3.63) is 23.8 Å². The molecule has 92 valence electrons. The SMILES string of the molecule is CC(C)(C)C(=O)Nc1ccc(O)c(C(=O)O)c1. The molecule has 1 aromatic carbocycles. The summed E-state index contributed by atoms with van der Waals surface area (Å²) in [6.07, 6.45) is 0. The molecule has 17 heavy (non-hydrogen) atoms. The number of carboxylic acids is 1. The minimum absolute atomic E-state index is 0.223. The molecule has 0 atom stereocenters. The summed E-state index contributed by atoms with van der Waals surface area (Å²) < 4.78 is 0. The van der Waals surface area contributed by atoms with Crippen LogP contribution in [0.1, 0.15) is 31.1 Å². The van der Waals surface area contributed by atoms with E-state index in [9.17, 15) is 14.7 Å². The van der Waals surface area contributed by atoms with E-state index in [2.05, 4.69) is 5.32 Å². The number of carboxylic acid groups (broad SMARTS) is 1. The Morgan fingerprint density at radius 2 is 1.82 bits per heavy atom. The minimum atomic E-state index is -1.24. The van der Waals surface area contributed by atoms with Crippen molar-refractivity contribution in [1.29, 1.82) is 0 Å². The van der Waals surface area contributed by atoms with E-state index in [1.54, 1.807) is 20.8 Å². The number of hydrogen-bond donors (Lipinski definition) is 3. The Labute approximate surface area is 99.1 Å². The van der Waals surface area contributed by atoms with Crippen LogP contribution in [0.4, 0.5) is 5.69 Å². The van der Waals surface area contributed by atoms with Gasteiger partial charge in [-0.05, 0) is 18.2 Å². The highest BCUT2D eigenvalue weighted by Gasteiger charge is 2.21. The van der Waals surface area contributed by atoms with Crippen LogP contribution in [0, 0.1) is 5.41 Å². The summed E-state index contributed by atoms with van der Waals surface area (Å²) in [6, 6.07) is 3.91. The smallest absolute Gasteiger partial charge is 0.339 e. The zero-order valence-corrected chi connectivity index (χ0v) is 9.94. The van der Waals surface area contributed by atoms with E-state index in [4.69, 9.17) is 5.11 Å². The maximum Gasteiger partial charge on any atom is 0.339 e. The maximum atomic E-state index is 11.7. The van der Waals surface area contributed by atoms with E-state index in [-0.39, 0.29) is 17.2 Å². The first-order valence-corrected chi connectivity index (χ1v) is 5.09. The number of hydrogen-bond acceptors (Lipinski definition) is 3. The average Bonchev–Trinajstić information content (AvgIpc) is 2.19. The number of carbonyl (C=O) groups excluding carboxylic acids is 1. The standard InChI is InChI=1S/C12H15NO4/c1-12(2,3)11(17)13-7-4-5-9(14)8(6-7)10(15)16/h4-6,14H,1-3H3,(H,13,17)(H,15,16). The zero-order valence-electron chi connectivity index (χ0n) is 9.94. The van der Waals surface area contributed by atoms with Crippen molar-refractivity contribution in [2.45, 2.75) is 20.8 Å². The molecular weight excluding hydrogens is 222 g/mol. The molecule has 0 radical (unpaired) electrons. The molecule has 0 bridgehead atoms. The van der Waals surface area contributed by atoms with Crippen LogP contribution in [0.15, 0.2) is 18.2 Å². The number of anilines is 1. The van der Waals surface area contributed by atoms with E-state index in [0.29, 0.717) is 5.69 Å². The predicted octanol–water partition coefficient (Wildman–Crippen LogP) is 2.07. The Morgan fingerprint density at radius 3 is 2.29 bits per heavy atom. The molecule has 1 rings (SSSR count). The molecule has 1 amide bonds. The fourth-order valence-corrected chi connectivity index (χ4v) is 1.10. The van der Waals surface area contributed by atoms with Crippen LogP contribution < -0.4 is 5.32 Å². The number of aromatic hydroxyl groups is 1. The van der Waals surface area contributed by atoms with E-state index in [1.165, 1.54) is 18.2 Å². The lowest BCUT2D eigenvalue weighted by molar-refractivity contribution is -0.123. The van der Waals surface area contributed by atoms with Gasteiger partial charge in [-0.3, -0.25) is 4.79 Å². The maximum absolute atomic E-state index is 11.7. The van der Waals surface area contributed by atoms with Gasteiger partial charge >= 0.3 is 5.97 Å². The summed E-state index contributed by atoms with van der Waals surface area (Å²) >= 11 is 0. The monoisotopic (exact) mass is 237 g/mol. The molecule has 0 fully saturated rings. The number of nitrogens with one attached hydrogen (secondary N) is 1. The van der Waals surface area contributed by atoms with E-state index >= 15 is 0 Å². The van der Waals surface area contributed by atoms with E-state index in [1.807, 2.05) is 0 Å². The summed E-state index contributed by atoms with van der Waals surface area (Å²) in [7, 11) is 0. The molecule has 0 spiro atoms. The fourth-order valence-electron chi connectivity index (χ4n) is 1.10. The van der Waals surface area contributed by atoms with Crippen molar-refractivity contribution in [3.63, 3.8) is 0 Å². The molecule has 0 aliphatic rings. The molecular formula is C12H15NO4. The van der Waals surface area contributed by atoms with Gasteiger partial charge in [0.25, 0.3) is 0 Å². The van der Waals surface area contributed by atoms with Crippen LogP contribution in [0.5, 0.6) is 5.75 Å². The van der Waals surface area contributed by atoms with Crippen molar-refractivity contribution in [3.8, 4) is 5.75 Å². The summed E-state index contributed by atoms with van der Waals surface area (Å²) in [5.74, 6) is -1.79. The Morgan fingerprint density at radius 1 is 1.24 bits per heavy atom. The summed E-state index contributed by atoms with van der Waals surface area (Å²) in [4.78, 5) is 22.5. The van der Waals surface area contributed by atoms with E-state index in [0.717, 1.165) is 0 Å². The molecule has 0 heterocycles. The molecule has 5 heteroatoms. The number of aromatic carboxylic acids is 1. The Bertz CT molecular complexity index is 460. The molecule has 0 unspecified atom stereocenters. The van der Waals surface area contributed by atoms with Gasteiger partial charge in [-0.15, -0.1) is 0 Å². The lowest BCUT2D eigenvalue weighted by Crippen LogP contribution is -2.27. The number of rotatable bonds is 2. The van der Waals surface area contributed by atoms with Crippen LogP contribution in [0.3, 0.4) is 0 Å². The third-order valence-electron chi connectivity index (χ3n) is 2.17. The first-order valence-electron chi connectivity index (χ1n) is 5.09. The Hall–Kier alpha value is -2.04. The molecule has 0 aromatic heterocycles. The molecule has 1 aromatic rings. The second-order valence-corrected chi connectivity index (χ2v) is 4.74. The third kappa shape index (κ3) is 3.21. The average molecular weight is 237 g/mol. The molecule has 0 aliphatic heterocycles. The van der Waals surface area contributed by atoms with Crippen LogP contribution in [0.25, 0.3) is 0 Å². The van der Waals surface area contributed by atoms with Gasteiger partial charge in [0.15, 0.2) is 0 Å². The van der Waals surface area contributed by atoms with Crippen molar-refractivity contribution in [2.75, 3.05) is 5.32 Å². The summed E-state index contributed by atoms with van der Waals surface area (Å²) in [5.41, 5.74) is -0.460. The predicted molar refractivity (Wildman–Crippen MR) is 63.2 cm³/mol. The van der Waals surface area contributed by atoms with Crippen LogP contribution in [0.2, 0.25) is 0 Å². The van der Waals surface area contributed by atoms with Crippen LogP contribution >= 0.6 is 0 Å². The van der Waals surface area contributed by atoms with Crippen molar-refractivity contribution >= 4 is 17.6 Å². The Balaban J connectivity index is 2.98. The molecule has 0 aliphatic carbocycles. The molecule has 3 N–H and O–H groups in total.